The average molecular weight is 729 g/mol. The molecule has 1 atom stereocenters. The number of amides is 3. The Balaban J connectivity index is 0.873. The first-order valence-corrected chi connectivity index (χ1v) is 19.0. The molecule has 3 aliphatic heterocycles. The summed E-state index contributed by atoms with van der Waals surface area (Å²) in [6.45, 7) is 9.24. The van der Waals surface area contributed by atoms with E-state index in [1.807, 2.05) is 42.5 Å². The summed E-state index contributed by atoms with van der Waals surface area (Å²) in [5.74, 6) is 0.929. The van der Waals surface area contributed by atoms with Gasteiger partial charge in [0.05, 0.1) is 0 Å². The highest BCUT2D eigenvalue weighted by Gasteiger charge is 2.39. The number of nitrogens with one attached hydrogen (secondary N) is 1. The largest absolute Gasteiger partial charge is 0.508 e. The van der Waals surface area contributed by atoms with E-state index in [1.165, 1.54) is 11.1 Å². The fourth-order valence-corrected chi connectivity index (χ4v) is 7.72. The Morgan fingerprint density at radius 3 is 2.04 bits per heavy atom. The number of carbonyl (C=O) groups excluding carboxylic acids is 3. The summed E-state index contributed by atoms with van der Waals surface area (Å²) in [5.41, 5.74) is 7.18. The maximum Gasteiger partial charge on any atom is 0.255 e. The Morgan fingerprint density at radius 2 is 1.39 bits per heavy atom. The standard InChI is InChI=1S/C44H48N4O6/c1-2-38(31-7-4-3-5-8-31)42(32-9-13-35(49)14-10-32)33-11-15-36(16-12-33)53-27-25-46-21-6-22-47(24-23-46)26-28-54-37-17-18-39-34(29-37)30-48(44(39)52)40-19-20-41(50)45-43(40)51/h3-5,7-18,29,40,49H,2,6,19-28,30H2,1H3,(H,45,50,51)/b42-38-. The van der Waals surface area contributed by atoms with Crippen molar-refractivity contribution >= 4 is 28.9 Å². The predicted molar refractivity (Wildman–Crippen MR) is 208 cm³/mol. The molecule has 3 heterocycles. The molecule has 54 heavy (non-hydrogen) atoms. The van der Waals surface area contributed by atoms with E-state index in [2.05, 4.69) is 58.4 Å². The lowest BCUT2D eigenvalue weighted by molar-refractivity contribution is -0.136. The van der Waals surface area contributed by atoms with Crippen molar-refractivity contribution < 1.29 is 29.0 Å². The van der Waals surface area contributed by atoms with E-state index in [1.54, 1.807) is 23.1 Å². The van der Waals surface area contributed by atoms with Gasteiger partial charge in [-0.05, 0) is 108 Å². The Bertz CT molecular complexity index is 1980. The third kappa shape index (κ3) is 8.67. The van der Waals surface area contributed by atoms with Crippen molar-refractivity contribution in [3.05, 3.63) is 125 Å². The lowest BCUT2D eigenvalue weighted by atomic mass is 9.88. The molecule has 280 valence electrons. The highest BCUT2D eigenvalue weighted by molar-refractivity contribution is 6.05. The molecule has 10 nitrogen and oxygen atoms in total. The number of allylic oxidation sites excluding steroid dienone is 1. The summed E-state index contributed by atoms with van der Waals surface area (Å²) in [4.78, 5) is 43.4. The number of benzene rings is 4. The van der Waals surface area contributed by atoms with Gasteiger partial charge in [0.25, 0.3) is 5.91 Å². The first kappa shape index (κ1) is 36.9. The van der Waals surface area contributed by atoms with Crippen LogP contribution in [-0.4, -0.2) is 96.1 Å². The third-order valence-corrected chi connectivity index (χ3v) is 10.6. The first-order valence-electron chi connectivity index (χ1n) is 19.0. The van der Waals surface area contributed by atoms with E-state index in [0.717, 1.165) is 80.1 Å². The molecule has 0 spiro atoms. The second kappa shape index (κ2) is 17.1. The lowest BCUT2D eigenvalue weighted by Crippen LogP contribution is -2.52. The van der Waals surface area contributed by atoms with Crippen LogP contribution in [0, 0.1) is 0 Å². The lowest BCUT2D eigenvalue weighted by Gasteiger charge is -2.29. The van der Waals surface area contributed by atoms with Gasteiger partial charge < -0.3 is 19.5 Å². The molecular formula is C44H48N4O6. The van der Waals surface area contributed by atoms with Crippen LogP contribution in [0.3, 0.4) is 0 Å². The van der Waals surface area contributed by atoms with Crippen molar-refractivity contribution in [2.45, 2.75) is 45.2 Å². The summed E-state index contributed by atoms with van der Waals surface area (Å²) >= 11 is 0. The van der Waals surface area contributed by atoms with Gasteiger partial charge in [-0.1, -0.05) is 61.5 Å². The molecule has 2 saturated heterocycles. The highest BCUT2D eigenvalue weighted by atomic mass is 16.5. The van der Waals surface area contributed by atoms with E-state index in [9.17, 15) is 19.5 Å². The Labute approximate surface area is 317 Å². The number of imide groups is 1. The number of phenols is 1. The molecule has 2 N–H and O–H groups in total. The van der Waals surface area contributed by atoms with Gasteiger partial charge in [-0.25, -0.2) is 0 Å². The van der Waals surface area contributed by atoms with Crippen LogP contribution in [-0.2, 0) is 16.1 Å². The molecule has 10 heteroatoms. The molecule has 0 aromatic heterocycles. The van der Waals surface area contributed by atoms with Crippen molar-refractivity contribution in [2.24, 2.45) is 0 Å². The van der Waals surface area contributed by atoms with Gasteiger partial charge in [-0.2, -0.15) is 0 Å². The van der Waals surface area contributed by atoms with Gasteiger partial charge in [0.15, 0.2) is 0 Å². The zero-order valence-electron chi connectivity index (χ0n) is 30.8. The average Bonchev–Trinajstić information content (AvgIpc) is 3.34. The molecule has 0 radical (unpaired) electrons. The van der Waals surface area contributed by atoms with Crippen LogP contribution >= 0.6 is 0 Å². The molecule has 0 saturated carbocycles. The van der Waals surface area contributed by atoms with Crippen LogP contribution < -0.4 is 14.8 Å². The molecule has 1 unspecified atom stereocenters. The van der Waals surface area contributed by atoms with Crippen molar-refractivity contribution in [3.8, 4) is 17.2 Å². The Kier molecular flexibility index (Phi) is 11.7. The summed E-state index contributed by atoms with van der Waals surface area (Å²) in [6.07, 6.45) is 2.52. The van der Waals surface area contributed by atoms with Crippen LogP contribution in [0.5, 0.6) is 17.2 Å². The van der Waals surface area contributed by atoms with Crippen molar-refractivity contribution in [1.29, 1.82) is 0 Å². The number of nitrogens with zero attached hydrogens (tertiary/aromatic N) is 3. The minimum absolute atomic E-state index is 0.179. The smallest absolute Gasteiger partial charge is 0.255 e. The topological polar surface area (TPSA) is 112 Å². The van der Waals surface area contributed by atoms with Crippen LogP contribution in [0.2, 0.25) is 0 Å². The van der Waals surface area contributed by atoms with Gasteiger partial charge in [0.1, 0.15) is 36.5 Å². The first-order chi connectivity index (χ1) is 26.4. The number of hydrogen-bond donors (Lipinski definition) is 2. The van der Waals surface area contributed by atoms with E-state index in [-0.39, 0.29) is 24.0 Å². The van der Waals surface area contributed by atoms with Gasteiger partial charge in [-0.15, -0.1) is 0 Å². The maximum absolute atomic E-state index is 13.0. The number of phenolic OH excluding ortho intramolecular Hbond substituents is 1. The van der Waals surface area contributed by atoms with Gasteiger partial charge in [0, 0.05) is 44.7 Å². The number of ether oxygens (including phenoxy) is 2. The fraction of sp³-hybridized carbons (Fsp3) is 0.341. The monoisotopic (exact) mass is 728 g/mol. The van der Waals surface area contributed by atoms with E-state index < -0.39 is 11.9 Å². The van der Waals surface area contributed by atoms with E-state index >= 15 is 0 Å². The molecule has 4 aromatic carbocycles. The van der Waals surface area contributed by atoms with E-state index in [0.29, 0.717) is 37.5 Å². The molecular weight excluding hydrogens is 681 g/mol. The Morgan fingerprint density at radius 1 is 0.759 bits per heavy atom. The summed E-state index contributed by atoms with van der Waals surface area (Å²) in [6, 6.07) is 31.1. The third-order valence-electron chi connectivity index (χ3n) is 10.6. The summed E-state index contributed by atoms with van der Waals surface area (Å²) in [5, 5.41) is 12.3. The minimum atomic E-state index is -0.623. The maximum atomic E-state index is 13.0. The van der Waals surface area contributed by atoms with Crippen LogP contribution in [0.15, 0.2) is 97.1 Å². The van der Waals surface area contributed by atoms with Crippen molar-refractivity contribution in [1.82, 2.24) is 20.0 Å². The zero-order valence-corrected chi connectivity index (χ0v) is 30.8. The van der Waals surface area contributed by atoms with Gasteiger partial charge in [0.2, 0.25) is 11.8 Å². The molecule has 0 bridgehead atoms. The number of carbonyl (C=O) groups is 3. The summed E-state index contributed by atoms with van der Waals surface area (Å²) in [7, 11) is 0. The predicted octanol–water partition coefficient (Wildman–Crippen LogP) is 5.99. The van der Waals surface area contributed by atoms with E-state index in [4.69, 9.17) is 9.47 Å². The molecule has 3 amide bonds. The van der Waals surface area contributed by atoms with Crippen LogP contribution in [0.1, 0.15) is 65.2 Å². The number of fused-ring (bicyclic) bond motifs is 1. The number of aromatic hydroxyl groups is 1. The summed E-state index contributed by atoms with van der Waals surface area (Å²) < 4.78 is 12.3. The SMILES string of the molecule is CC/C(=C(\c1ccc(O)cc1)c1ccc(OCCN2CCCN(CCOc3ccc4c(c3)CN(C3CCC(=O)NC3=O)C4=O)CC2)cc1)c1ccccc1. The van der Waals surface area contributed by atoms with Crippen LogP contribution in [0.4, 0.5) is 0 Å². The highest BCUT2D eigenvalue weighted by Crippen LogP contribution is 2.36. The normalized spacial score (nSPS) is 18.5. The van der Waals surface area contributed by atoms with Crippen molar-refractivity contribution in [3.63, 3.8) is 0 Å². The fourth-order valence-electron chi connectivity index (χ4n) is 7.72. The Hall–Kier alpha value is -5.45. The van der Waals surface area contributed by atoms with Crippen LogP contribution in [0.25, 0.3) is 11.1 Å². The second-order valence-electron chi connectivity index (χ2n) is 14.1. The second-order valence-corrected chi connectivity index (χ2v) is 14.1. The number of rotatable bonds is 13. The number of hydrogen-bond acceptors (Lipinski definition) is 8. The molecule has 7 rings (SSSR count). The quantitative estimate of drug-likeness (QED) is 0.128. The van der Waals surface area contributed by atoms with Crippen molar-refractivity contribution in [2.75, 3.05) is 52.5 Å². The van der Waals surface area contributed by atoms with Gasteiger partial charge >= 0.3 is 0 Å². The number of piperidine rings is 1. The molecule has 0 aliphatic carbocycles. The minimum Gasteiger partial charge on any atom is -0.508 e. The molecule has 4 aromatic rings. The van der Waals surface area contributed by atoms with Gasteiger partial charge in [-0.3, -0.25) is 29.5 Å². The molecule has 3 aliphatic rings. The molecule has 2 fully saturated rings. The zero-order chi connectivity index (χ0) is 37.4.